The second-order valence-electron chi connectivity index (χ2n) is 4.64. The van der Waals surface area contributed by atoms with Gasteiger partial charge < -0.3 is 0 Å². The first kappa shape index (κ1) is 13.9. The van der Waals surface area contributed by atoms with E-state index < -0.39 is 0 Å². The maximum Gasteiger partial charge on any atom is 0.130 e. The summed E-state index contributed by atoms with van der Waals surface area (Å²) >= 11 is 1.73. The van der Waals surface area contributed by atoms with Crippen LogP contribution in [0.5, 0.6) is 0 Å². The van der Waals surface area contributed by atoms with Gasteiger partial charge in [-0.25, -0.2) is 0 Å². The van der Waals surface area contributed by atoms with E-state index in [1.54, 1.807) is 18.7 Å². The Labute approximate surface area is 119 Å². The van der Waals surface area contributed by atoms with E-state index in [4.69, 9.17) is 0 Å². The highest BCUT2D eigenvalue weighted by atomic mass is 32.2. The Hall–Kier alpha value is -1.54. The van der Waals surface area contributed by atoms with Gasteiger partial charge in [0, 0.05) is 17.2 Å². The molecule has 0 fully saturated rings. The maximum absolute atomic E-state index is 11.5. The Balaban J connectivity index is 2.34. The Morgan fingerprint density at radius 3 is 2.11 bits per heavy atom. The number of thioether (sulfide) groups is 1. The first-order valence-corrected chi connectivity index (χ1v) is 7.61. The summed E-state index contributed by atoms with van der Waals surface area (Å²) in [6.07, 6.45) is 2.63. The fourth-order valence-electron chi connectivity index (χ4n) is 2.24. The van der Waals surface area contributed by atoms with E-state index in [1.165, 1.54) is 16.0 Å². The average Bonchev–Trinajstić information content (AvgIpc) is 2.46. The fourth-order valence-corrected chi connectivity index (χ4v) is 2.65. The standard InChI is InChI=1S/C17H18OS/c1-13(18)12-17(14-6-4-3-5-7-14)15-8-10-16(19-2)11-9-15/h3-11,17H,12H2,1-2H3. The number of hydrogen-bond acceptors (Lipinski definition) is 2. The zero-order chi connectivity index (χ0) is 13.7. The molecule has 0 aliphatic heterocycles. The number of ketones is 1. The number of carbonyl (C=O) groups excluding carboxylic acids is 1. The van der Waals surface area contributed by atoms with Crippen molar-refractivity contribution in [1.29, 1.82) is 0 Å². The first-order chi connectivity index (χ1) is 9.20. The van der Waals surface area contributed by atoms with Gasteiger partial charge in [0.15, 0.2) is 0 Å². The zero-order valence-electron chi connectivity index (χ0n) is 11.3. The second-order valence-corrected chi connectivity index (χ2v) is 5.52. The van der Waals surface area contributed by atoms with E-state index in [0.717, 1.165) is 0 Å². The van der Waals surface area contributed by atoms with Crippen molar-refractivity contribution in [1.82, 2.24) is 0 Å². The molecule has 0 aliphatic carbocycles. The third-order valence-corrected chi connectivity index (χ3v) is 3.96. The van der Waals surface area contributed by atoms with E-state index in [2.05, 4.69) is 42.7 Å². The average molecular weight is 270 g/mol. The molecule has 1 nitrogen and oxygen atoms in total. The summed E-state index contributed by atoms with van der Waals surface area (Å²) in [5.41, 5.74) is 2.41. The van der Waals surface area contributed by atoms with Gasteiger partial charge in [-0.3, -0.25) is 4.79 Å². The summed E-state index contributed by atoms with van der Waals surface area (Å²) < 4.78 is 0. The minimum absolute atomic E-state index is 0.162. The number of carbonyl (C=O) groups is 1. The van der Waals surface area contributed by atoms with Crippen molar-refractivity contribution in [3.8, 4) is 0 Å². The predicted molar refractivity (Wildman–Crippen MR) is 81.8 cm³/mol. The van der Waals surface area contributed by atoms with Gasteiger partial charge in [0.25, 0.3) is 0 Å². The van der Waals surface area contributed by atoms with E-state index in [1.807, 2.05) is 18.2 Å². The van der Waals surface area contributed by atoms with Gasteiger partial charge in [-0.1, -0.05) is 42.5 Å². The summed E-state index contributed by atoms with van der Waals surface area (Å²) in [4.78, 5) is 12.8. The molecule has 0 N–H and O–H groups in total. The summed E-state index contributed by atoms with van der Waals surface area (Å²) in [7, 11) is 0. The topological polar surface area (TPSA) is 17.1 Å². The van der Waals surface area contributed by atoms with Crippen molar-refractivity contribution < 1.29 is 4.79 Å². The minimum atomic E-state index is 0.162. The molecule has 0 radical (unpaired) electrons. The molecule has 0 saturated carbocycles. The van der Waals surface area contributed by atoms with Crippen LogP contribution < -0.4 is 0 Å². The smallest absolute Gasteiger partial charge is 0.130 e. The zero-order valence-corrected chi connectivity index (χ0v) is 12.1. The van der Waals surface area contributed by atoms with E-state index in [-0.39, 0.29) is 11.7 Å². The Morgan fingerprint density at radius 1 is 1.00 bits per heavy atom. The molecule has 2 heteroatoms. The summed E-state index contributed by atoms with van der Waals surface area (Å²) in [5, 5.41) is 0. The van der Waals surface area contributed by atoms with Crippen molar-refractivity contribution in [2.75, 3.05) is 6.26 Å². The highest BCUT2D eigenvalue weighted by molar-refractivity contribution is 7.98. The van der Waals surface area contributed by atoms with Crippen LogP contribution in [-0.4, -0.2) is 12.0 Å². The molecule has 0 amide bonds. The van der Waals surface area contributed by atoms with E-state index >= 15 is 0 Å². The minimum Gasteiger partial charge on any atom is -0.300 e. The monoisotopic (exact) mass is 270 g/mol. The molecule has 98 valence electrons. The van der Waals surface area contributed by atoms with Crippen LogP contribution in [0.1, 0.15) is 30.4 Å². The molecular weight excluding hydrogens is 252 g/mol. The van der Waals surface area contributed by atoms with Crippen molar-refractivity contribution >= 4 is 17.5 Å². The molecule has 2 aromatic rings. The van der Waals surface area contributed by atoms with E-state index in [9.17, 15) is 4.79 Å². The van der Waals surface area contributed by atoms with Gasteiger partial charge in [-0.05, 0) is 36.4 Å². The molecule has 0 saturated heterocycles. The number of hydrogen-bond donors (Lipinski definition) is 0. The van der Waals surface area contributed by atoms with Crippen LogP contribution >= 0.6 is 11.8 Å². The molecule has 1 unspecified atom stereocenters. The van der Waals surface area contributed by atoms with Gasteiger partial charge >= 0.3 is 0 Å². The van der Waals surface area contributed by atoms with Crippen molar-refractivity contribution in [2.24, 2.45) is 0 Å². The Bertz CT molecular complexity index is 531. The lowest BCUT2D eigenvalue weighted by Gasteiger charge is -2.17. The fraction of sp³-hybridized carbons (Fsp3) is 0.235. The van der Waals surface area contributed by atoms with Crippen LogP contribution in [0.3, 0.4) is 0 Å². The quantitative estimate of drug-likeness (QED) is 0.743. The normalized spacial score (nSPS) is 12.1. The van der Waals surface area contributed by atoms with Gasteiger partial charge in [-0.2, -0.15) is 0 Å². The Morgan fingerprint density at radius 2 is 1.58 bits per heavy atom. The molecule has 0 bridgehead atoms. The number of benzene rings is 2. The molecule has 19 heavy (non-hydrogen) atoms. The molecule has 2 aromatic carbocycles. The van der Waals surface area contributed by atoms with Crippen molar-refractivity contribution in [2.45, 2.75) is 24.2 Å². The first-order valence-electron chi connectivity index (χ1n) is 6.39. The molecular formula is C17H18OS. The van der Waals surface area contributed by atoms with Gasteiger partial charge in [0.1, 0.15) is 5.78 Å². The molecule has 0 aromatic heterocycles. The van der Waals surface area contributed by atoms with Gasteiger partial charge in [-0.15, -0.1) is 11.8 Å². The summed E-state index contributed by atoms with van der Waals surface area (Å²) in [6.45, 7) is 1.66. The van der Waals surface area contributed by atoms with Crippen LogP contribution in [0.25, 0.3) is 0 Å². The van der Waals surface area contributed by atoms with Crippen LogP contribution in [0.2, 0.25) is 0 Å². The SMILES string of the molecule is CSc1ccc(C(CC(C)=O)c2ccccc2)cc1. The number of rotatable bonds is 5. The largest absolute Gasteiger partial charge is 0.300 e. The second kappa shape index (κ2) is 6.58. The van der Waals surface area contributed by atoms with Gasteiger partial charge in [0.05, 0.1) is 0 Å². The predicted octanol–water partition coefficient (Wildman–Crippen LogP) is 4.52. The summed E-state index contributed by atoms with van der Waals surface area (Å²) in [5.74, 6) is 0.386. The highest BCUT2D eigenvalue weighted by Crippen LogP contribution is 2.29. The van der Waals surface area contributed by atoms with E-state index in [0.29, 0.717) is 6.42 Å². The van der Waals surface area contributed by atoms with Crippen LogP contribution in [0.4, 0.5) is 0 Å². The maximum atomic E-state index is 11.5. The highest BCUT2D eigenvalue weighted by Gasteiger charge is 2.15. The van der Waals surface area contributed by atoms with Crippen molar-refractivity contribution in [3.05, 3.63) is 65.7 Å². The lowest BCUT2D eigenvalue weighted by Crippen LogP contribution is -2.06. The molecule has 0 heterocycles. The Kier molecular flexibility index (Phi) is 4.80. The molecule has 0 spiro atoms. The third kappa shape index (κ3) is 3.71. The number of Topliss-reactive ketones (excluding diaryl/α,β-unsaturated/α-hetero) is 1. The lowest BCUT2D eigenvalue weighted by molar-refractivity contribution is -0.117. The third-order valence-electron chi connectivity index (χ3n) is 3.21. The lowest BCUT2D eigenvalue weighted by atomic mass is 9.87. The van der Waals surface area contributed by atoms with Crippen LogP contribution in [-0.2, 0) is 4.79 Å². The van der Waals surface area contributed by atoms with Crippen LogP contribution in [0, 0.1) is 0 Å². The summed E-state index contributed by atoms with van der Waals surface area (Å²) in [6, 6.07) is 18.7. The molecule has 1 atom stereocenters. The molecule has 2 rings (SSSR count). The van der Waals surface area contributed by atoms with Crippen molar-refractivity contribution in [3.63, 3.8) is 0 Å². The molecule has 0 aliphatic rings. The van der Waals surface area contributed by atoms with Gasteiger partial charge in [0.2, 0.25) is 0 Å². The van der Waals surface area contributed by atoms with Crippen LogP contribution in [0.15, 0.2) is 59.5 Å².